The Hall–Kier alpha value is -3.52. The monoisotopic (exact) mass is 440 g/mol. The fourth-order valence-electron chi connectivity index (χ4n) is 3.66. The lowest BCUT2D eigenvalue weighted by Crippen LogP contribution is -2.41. The molecule has 0 spiro atoms. The van der Waals surface area contributed by atoms with E-state index >= 15 is 0 Å². The van der Waals surface area contributed by atoms with Crippen LogP contribution in [0.2, 0.25) is 5.02 Å². The highest BCUT2D eigenvalue weighted by molar-refractivity contribution is 6.31. The van der Waals surface area contributed by atoms with Crippen molar-refractivity contribution in [3.05, 3.63) is 58.7 Å². The number of carbonyl (C=O) groups is 3. The fraction of sp³-hybridized carbons (Fsp3) is 0.227. The van der Waals surface area contributed by atoms with Crippen LogP contribution in [0.3, 0.4) is 0 Å². The summed E-state index contributed by atoms with van der Waals surface area (Å²) < 4.78 is 1.48. The number of piperidine rings is 1. The van der Waals surface area contributed by atoms with E-state index in [0.717, 1.165) is 11.1 Å². The summed E-state index contributed by atoms with van der Waals surface area (Å²) in [6, 6.07) is 9.54. The van der Waals surface area contributed by atoms with Crippen LogP contribution in [0, 0.1) is 6.92 Å². The lowest BCUT2D eigenvalue weighted by atomic mass is 10.1. The summed E-state index contributed by atoms with van der Waals surface area (Å²) >= 11 is 6.09. The highest BCUT2D eigenvalue weighted by Gasteiger charge is 2.30. The minimum Gasteiger partial charge on any atom is -0.494 e. The zero-order valence-electron chi connectivity index (χ0n) is 16.7. The van der Waals surface area contributed by atoms with E-state index in [-0.39, 0.29) is 24.8 Å². The molecular weight excluding hydrogens is 420 g/mol. The molecule has 9 heteroatoms. The highest BCUT2D eigenvalue weighted by Crippen LogP contribution is 2.34. The van der Waals surface area contributed by atoms with Crippen LogP contribution in [0.4, 0.5) is 10.5 Å². The first kappa shape index (κ1) is 20.7. The molecule has 4 rings (SSSR count). The quantitative estimate of drug-likeness (QED) is 0.464. The first-order chi connectivity index (χ1) is 14.8. The number of fused-ring (bicyclic) bond motifs is 1. The Morgan fingerprint density at radius 2 is 2.06 bits per heavy atom. The van der Waals surface area contributed by atoms with Crippen molar-refractivity contribution in [2.45, 2.75) is 32.4 Å². The van der Waals surface area contributed by atoms with Gasteiger partial charge in [0.1, 0.15) is 6.04 Å². The number of halogens is 1. The summed E-state index contributed by atoms with van der Waals surface area (Å²) in [6.07, 6.45) is 2.20. The summed E-state index contributed by atoms with van der Waals surface area (Å²) in [5.41, 5.74) is 2.27. The van der Waals surface area contributed by atoms with Crippen LogP contribution in [0.5, 0.6) is 5.88 Å². The van der Waals surface area contributed by atoms with Crippen LogP contribution in [-0.4, -0.2) is 27.5 Å². The molecule has 1 atom stereocenters. The Bertz CT molecular complexity index is 1200. The predicted molar refractivity (Wildman–Crippen MR) is 117 cm³/mol. The number of aryl methyl sites for hydroxylation is 1. The number of nitrogens with zero attached hydrogens (tertiary/aromatic N) is 1. The Kier molecular flexibility index (Phi) is 5.56. The Balaban J connectivity index is 1.51. The fourth-order valence-corrected chi connectivity index (χ4v) is 3.84. The van der Waals surface area contributed by atoms with E-state index < -0.39 is 18.0 Å². The Labute approximate surface area is 183 Å². The van der Waals surface area contributed by atoms with Gasteiger partial charge in [-0.1, -0.05) is 29.8 Å². The molecule has 0 aliphatic carbocycles. The van der Waals surface area contributed by atoms with Crippen molar-refractivity contribution in [1.82, 2.24) is 15.2 Å². The van der Waals surface area contributed by atoms with Crippen molar-refractivity contribution >= 4 is 45.9 Å². The molecule has 0 radical (unpaired) electrons. The SMILES string of the molecule is Cc1ccc(NC(=O)NCc2cccc3c(O)n(C4CCC(=O)NC4=O)cc23)cc1Cl. The van der Waals surface area contributed by atoms with Gasteiger partial charge in [0.15, 0.2) is 5.88 Å². The van der Waals surface area contributed by atoms with Gasteiger partial charge >= 0.3 is 6.03 Å². The number of hydrogen-bond donors (Lipinski definition) is 4. The number of anilines is 1. The molecule has 1 saturated heterocycles. The Morgan fingerprint density at radius 3 is 2.81 bits per heavy atom. The van der Waals surface area contributed by atoms with E-state index in [1.165, 1.54) is 4.57 Å². The molecule has 1 aliphatic rings. The van der Waals surface area contributed by atoms with Crippen molar-refractivity contribution < 1.29 is 19.5 Å². The maximum atomic E-state index is 12.3. The van der Waals surface area contributed by atoms with Crippen LogP contribution in [0.15, 0.2) is 42.6 Å². The third-order valence-corrected chi connectivity index (χ3v) is 5.77. The van der Waals surface area contributed by atoms with Crippen molar-refractivity contribution in [3.63, 3.8) is 0 Å². The van der Waals surface area contributed by atoms with E-state index in [2.05, 4.69) is 16.0 Å². The van der Waals surface area contributed by atoms with Crippen molar-refractivity contribution in [2.24, 2.45) is 0 Å². The maximum absolute atomic E-state index is 12.3. The van der Waals surface area contributed by atoms with Gasteiger partial charge in [0, 0.05) is 40.6 Å². The predicted octanol–water partition coefficient (Wildman–Crippen LogP) is 3.61. The molecule has 1 fully saturated rings. The van der Waals surface area contributed by atoms with Crippen molar-refractivity contribution in [3.8, 4) is 5.88 Å². The third kappa shape index (κ3) is 4.20. The van der Waals surface area contributed by atoms with Crippen molar-refractivity contribution in [2.75, 3.05) is 5.32 Å². The average Bonchev–Trinajstić information content (AvgIpc) is 3.06. The van der Waals surface area contributed by atoms with Crippen LogP contribution in [0.1, 0.15) is 30.0 Å². The smallest absolute Gasteiger partial charge is 0.319 e. The van der Waals surface area contributed by atoms with Crippen LogP contribution in [0.25, 0.3) is 10.8 Å². The second-order valence-electron chi connectivity index (χ2n) is 7.48. The number of carbonyl (C=O) groups excluding carboxylic acids is 3. The first-order valence-electron chi connectivity index (χ1n) is 9.79. The maximum Gasteiger partial charge on any atom is 0.319 e. The summed E-state index contributed by atoms with van der Waals surface area (Å²) in [5.74, 6) is -0.809. The molecule has 4 N–H and O–H groups in total. The molecular formula is C22H21ClN4O4. The topological polar surface area (TPSA) is 112 Å². The molecule has 1 aromatic heterocycles. The molecule has 31 heavy (non-hydrogen) atoms. The van der Waals surface area contributed by atoms with Gasteiger partial charge in [-0.15, -0.1) is 0 Å². The van der Waals surface area contributed by atoms with Crippen LogP contribution >= 0.6 is 11.6 Å². The summed E-state index contributed by atoms with van der Waals surface area (Å²) in [4.78, 5) is 35.9. The average molecular weight is 441 g/mol. The number of rotatable bonds is 4. The number of nitrogens with one attached hydrogen (secondary N) is 3. The number of aromatic hydroxyl groups is 1. The highest BCUT2D eigenvalue weighted by atomic mass is 35.5. The number of hydrogen-bond acceptors (Lipinski definition) is 4. The van der Waals surface area contributed by atoms with E-state index in [1.54, 1.807) is 30.5 Å². The zero-order valence-corrected chi connectivity index (χ0v) is 17.5. The molecule has 0 bridgehead atoms. The van der Waals surface area contributed by atoms with Gasteiger partial charge in [0.05, 0.1) is 0 Å². The van der Waals surface area contributed by atoms with E-state index in [1.807, 2.05) is 19.1 Å². The number of amides is 4. The second kappa shape index (κ2) is 8.31. The molecule has 3 aromatic rings. The Morgan fingerprint density at radius 1 is 1.26 bits per heavy atom. The first-order valence-corrected chi connectivity index (χ1v) is 10.2. The number of aromatic nitrogens is 1. The third-order valence-electron chi connectivity index (χ3n) is 5.37. The molecule has 2 heterocycles. The van der Waals surface area contributed by atoms with Gasteiger partial charge in [-0.3, -0.25) is 14.9 Å². The van der Waals surface area contributed by atoms with E-state index in [0.29, 0.717) is 27.9 Å². The summed E-state index contributed by atoms with van der Waals surface area (Å²) in [5, 5.41) is 20.3. The van der Waals surface area contributed by atoms with Crippen LogP contribution < -0.4 is 16.0 Å². The summed E-state index contributed by atoms with van der Waals surface area (Å²) in [7, 11) is 0. The number of urea groups is 1. The van der Waals surface area contributed by atoms with Gasteiger partial charge in [-0.25, -0.2) is 4.79 Å². The van der Waals surface area contributed by atoms with Gasteiger partial charge < -0.3 is 20.3 Å². The van der Waals surface area contributed by atoms with Crippen molar-refractivity contribution in [1.29, 1.82) is 0 Å². The molecule has 4 amide bonds. The second-order valence-corrected chi connectivity index (χ2v) is 7.88. The normalized spacial score (nSPS) is 16.3. The van der Waals surface area contributed by atoms with E-state index in [4.69, 9.17) is 11.6 Å². The largest absolute Gasteiger partial charge is 0.494 e. The van der Waals surface area contributed by atoms with Gasteiger partial charge in [0.25, 0.3) is 0 Å². The van der Waals surface area contributed by atoms with E-state index in [9.17, 15) is 19.5 Å². The number of benzene rings is 2. The summed E-state index contributed by atoms with van der Waals surface area (Å²) in [6.45, 7) is 2.09. The van der Waals surface area contributed by atoms with Crippen LogP contribution in [-0.2, 0) is 16.1 Å². The van der Waals surface area contributed by atoms with Gasteiger partial charge in [0.2, 0.25) is 11.8 Å². The van der Waals surface area contributed by atoms with Gasteiger partial charge in [-0.2, -0.15) is 0 Å². The molecule has 8 nitrogen and oxygen atoms in total. The minimum atomic E-state index is -0.666. The molecule has 160 valence electrons. The molecule has 0 saturated carbocycles. The number of imide groups is 1. The molecule has 1 aliphatic heterocycles. The lowest BCUT2D eigenvalue weighted by Gasteiger charge is -2.22. The zero-order chi connectivity index (χ0) is 22.1. The standard InChI is InChI=1S/C22H21ClN4O4/c1-12-5-6-14(9-17(12)23)25-22(31)24-10-13-3-2-4-15-16(13)11-27(21(15)30)18-7-8-19(28)26-20(18)29/h2-6,9,11,18,30H,7-8,10H2,1H3,(H2,24,25,31)(H,26,28,29). The molecule has 1 unspecified atom stereocenters. The van der Waals surface area contributed by atoms with Gasteiger partial charge in [-0.05, 0) is 42.7 Å². The molecule has 2 aromatic carbocycles. The lowest BCUT2D eigenvalue weighted by molar-refractivity contribution is -0.135. The minimum absolute atomic E-state index is 0.0508.